The molecule has 0 aliphatic heterocycles. The standard InChI is InChI=1S/C8H8F2N4O3S2/c1-14(19(15)16)3-5-11-2-4(18-5)7-12-13-8(17-7)6(9)10/h2,6,19H,3H2,1H3. The smallest absolute Gasteiger partial charge is 0.314 e. The molecule has 0 unspecified atom stereocenters. The second kappa shape index (κ2) is 5.67. The Kier molecular flexibility index (Phi) is 4.17. The van der Waals surface area contributed by atoms with Crippen LogP contribution in [0.3, 0.4) is 0 Å². The number of thiazole rings is 1. The fraction of sp³-hybridized carbons (Fsp3) is 0.375. The third kappa shape index (κ3) is 3.30. The number of thiol groups is 1. The van der Waals surface area contributed by atoms with Crippen molar-refractivity contribution in [3.05, 3.63) is 17.1 Å². The van der Waals surface area contributed by atoms with Crippen LogP contribution in [-0.4, -0.2) is 35.0 Å². The monoisotopic (exact) mass is 310 g/mol. The average Bonchev–Trinajstić information content (AvgIpc) is 2.95. The molecule has 0 aliphatic rings. The SMILES string of the molecule is CN(Cc1ncc(-c2nnc(C(F)F)o2)s1)[SH](=O)=O. The lowest BCUT2D eigenvalue weighted by atomic mass is 10.5. The van der Waals surface area contributed by atoms with Crippen LogP contribution in [0.25, 0.3) is 10.8 Å². The number of rotatable bonds is 5. The van der Waals surface area contributed by atoms with E-state index < -0.39 is 23.2 Å². The number of hydrogen-bond acceptors (Lipinski definition) is 7. The summed E-state index contributed by atoms with van der Waals surface area (Å²) in [5.41, 5.74) is 0. The Bertz CT molecular complexity index is 631. The maximum absolute atomic E-state index is 12.3. The molecule has 0 N–H and O–H groups in total. The van der Waals surface area contributed by atoms with Crippen LogP contribution in [0, 0.1) is 0 Å². The van der Waals surface area contributed by atoms with E-state index in [-0.39, 0.29) is 12.4 Å². The van der Waals surface area contributed by atoms with Crippen LogP contribution in [-0.2, 0) is 17.4 Å². The number of hydrogen-bond donors (Lipinski definition) is 1. The minimum absolute atomic E-state index is 0.0618. The molecule has 0 atom stereocenters. The van der Waals surface area contributed by atoms with Gasteiger partial charge in [0.25, 0.3) is 11.8 Å². The van der Waals surface area contributed by atoms with E-state index in [0.29, 0.717) is 9.88 Å². The first kappa shape index (κ1) is 14.0. The molecule has 2 rings (SSSR count). The molecule has 0 saturated heterocycles. The fourth-order valence-corrected chi connectivity index (χ4v) is 2.40. The molecule has 19 heavy (non-hydrogen) atoms. The maximum Gasteiger partial charge on any atom is 0.314 e. The largest absolute Gasteiger partial charge is 0.414 e. The topological polar surface area (TPSA) is 89.2 Å². The lowest BCUT2D eigenvalue weighted by Gasteiger charge is -2.03. The van der Waals surface area contributed by atoms with Crippen LogP contribution in [0.5, 0.6) is 0 Å². The Morgan fingerprint density at radius 3 is 2.79 bits per heavy atom. The number of alkyl halides is 2. The molecule has 0 spiro atoms. The van der Waals surface area contributed by atoms with E-state index in [9.17, 15) is 17.2 Å². The van der Waals surface area contributed by atoms with Crippen LogP contribution in [0.15, 0.2) is 10.6 Å². The highest BCUT2D eigenvalue weighted by molar-refractivity contribution is 7.69. The Balaban J connectivity index is 2.16. The predicted octanol–water partition coefficient (Wildman–Crippen LogP) is 1.09. The molecular formula is C8H8F2N4O3S2. The average molecular weight is 310 g/mol. The summed E-state index contributed by atoms with van der Waals surface area (Å²) in [5, 5.41) is 7.17. The van der Waals surface area contributed by atoms with E-state index in [2.05, 4.69) is 15.2 Å². The number of aromatic nitrogens is 3. The van der Waals surface area contributed by atoms with Crippen molar-refractivity contribution >= 4 is 22.2 Å². The Morgan fingerprint density at radius 1 is 1.47 bits per heavy atom. The molecule has 0 aliphatic carbocycles. The highest BCUT2D eigenvalue weighted by Crippen LogP contribution is 2.27. The Labute approximate surface area is 112 Å². The highest BCUT2D eigenvalue weighted by atomic mass is 32.2. The molecule has 0 aromatic carbocycles. The molecule has 7 nitrogen and oxygen atoms in total. The van der Waals surface area contributed by atoms with Gasteiger partial charge in [0.2, 0.25) is 10.9 Å². The van der Waals surface area contributed by atoms with Gasteiger partial charge in [-0.15, -0.1) is 21.5 Å². The predicted molar refractivity (Wildman–Crippen MR) is 62.1 cm³/mol. The van der Waals surface area contributed by atoms with Gasteiger partial charge in [-0.1, -0.05) is 0 Å². The molecule has 104 valence electrons. The zero-order valence-corrected chi connectivity index (χ0v) is 11.2. The molecule has 11 heteroatoms. The summed E-state index contributed by atoms with van der Waals surface area (Å²) < 4.78 is 51.7. The van der Waals surface area contributed by atoms with Gasteiger partial charge in [-0.3, -0.25) is 0 Å². The molecule has 0 amide bonds. The van der Waals surface area contributed by atoms with E-state index >= 15 is 0 Å². The van der Waals surface area contributed by atoms with Crippen molar-refractivity contribution in [3.63, 3.8) is 0 Å². The van der Waals surface area contributed by atoms with Crippen molar-refractivity contribution in [2.75, 3.05) is 7.05 Å². The van der Waals surface area contributed by atoms with Crippen LogP contribution < -0.4 is 0 Å². The Hall–Kier alpha value is -1.46. The molecule has 0 bridgehead atoms. The van der Waals surface area contributed by atoms with Gasteiger partial charge in [-0.25, -0.2) is 17.7 Å². The summed E-state index contributed by atoms with van der Waals surface area (Å²) in [6.07, 6.45) is -1.46. The summed E-state index contributed by atoms with van der Waals surface area (Å²) >= 11 is 1.10. The highest BCUT2D eigenvalue weighted by Gasteiger charge is 2.18. The summed E-state index contributed by atoms with van der Waals surface area (Å²) in [7, 11) is -1.29. The van der Waals surface area contributed by atoms with Gasteiger partial charge in [0.05, 0.1) is 12.7 Å². The van der Waals surface area contributed by atoms with E-state index in [4.69, 9.17) is 4.42 Å². The minimum Gasteiger partial charge on any atom is -0.414 e. The van der Waals surface area contributed by atoms with Crippen LogP contribution in [0.1, 0.15) is 17.3 Å². The molecule has 2 aromatic rings. The summed E-state index contributed by atoms with van der Waals surface area (Å²) in [5.74, 6) is -0.821. The molecule has 2 aromatic heterocycles. The van der Waals surface area contributed by atoms with Crippen molar-refractivity contribution in [1.82, 2.24) is 19.5 Å². The van der Waals surface area contributed by atoms with Crippen molar-refractivity contribution in [3.8, 4) is 10.8 Å². The second-order valence-corrected chi connectivity index (χ2v) is 5.69. The maximum atomic E-state index is 12.3. The van der Waals surface area contributed by atoms with Crippen LogP contribution in [0.4, 0.5) is 8.78 Å². The van der Waals surface area contributed by atoms with Crippen molar-refractivity contribution in [1.29, 1.82) is 0 Å². The molecule has 0 saturated carbocycles. The number of nitrogens with zero attached hydrogens (tertiary/aromatic N) is 4. The summed E-state index contributed by atoms with van der Waals surface area (Å²) in [6, 6.07) is 0. The van der Waals surface area contributed by atoms with Crippen LogP contribution in [0.2, 0.25) is 0 Å². The molecule has 2 heterocycles. The normalized spacial score (nSPS) is 11.9. The van der Waals surface area contributed by atoms with E-state index in [1.807, 2.05) is 0 Å². The van der Waals surface area contributed by atoms with Gasteiger partial charge in [-0.2, -0.15) is 8.78 Å². The first-order valence-electron chi connectivity index (χ1n) is 4.89. The van der Waals surface area contributed by atoms with Gasteiger partial charge in [0.15, 0.2) is 0 Å². The van der Waals surface area contributed by atoms with Crippen molar-refractivity contribution in [2.24, 2.45) is 0 Å². The van der Waals surface area contributed by atoms with Crippen LogP contribution >= 0.6 is 11.3 Å². The second-order valence-electron chi connectivity index (χ2n) is 3.42. The first-order valence-corrected chi connectivity index (χ1v) is 6.84. The zero-order valence-electron chi connectivity index (χ0n) is 9.49. The van der Waals surface area contributed by atoms with E-state index in [1.165, 1.54) is 13.2 Å². The van der Waals surface area contributed by atoms with Gasteiger partial charge >= 0.3 is 6.43 Å². The zero-order chi connectivity index (χ0) is 14.0. The third-order valence-corrected chi connectivity index (χ3v) is 3.70. The molecular weight excluding hydrogens is 302 g/mol. The van der Waals surface area contributed by atoms with Gasteiger partial charge in [0.1, 0.15) is 9.88 Å². The lowest BCUT2D eigenvalue weighted by molar-refractivity contribution is 0.116. The summed E-state index contributed by atoms with van der Waals surface area (Å²) in [4.78, 5) is 4.37. The van der Waals surface area contributed by atoms with Gasteiger partial charge in [-0.05, 0) is 0 Å². The lowest BCUT2D eigenvalue weighted by Crippen LogP contribution is -2.14. The first-order chi connectivity index (χ1) is 8.97. The Morgan fingerprint density at radius 2 is 2.21 bits per heavy atom. The van der Waals surface area contributed by atoms with E-state index in [1.54, 1.807) is 0 Å². The van der Waals surface area contributed by atoms with E-state index in [0.717, 1.165) is 15.6 Å². The third-order valence-electron chi connectivity index (χ3n) is 2.03. The van der Waals surface area contributed by atoms with Crippen molar-refractivity contribution in [2.45, 2.75) is 13.0 Å². The van der Waals surface area contributed by atoms with Crippen molar-refractivity contribution < 1.29 is 21.6 Å². The fourth-order valence-electron chi connectivity index (χ4n) is 1.16. The number of halogens is 2. The summed E-state index contributed by atoms with van der Waals surface area (Å²) in [6.45, 7) is 0.0964. The van der Waals surface area contributed by atoms with Gasteiger partial charge in [0, 0.05) is 7.05 Å². The molecule has 0 fully saturated rings. The minimum atomic E-state index is -2.83. The quantitative estimate of drug-likeness (QED) is 0.832. The van der Waals surface area contributed by atoms with Gasteiger partial charge < -0.3 is 4.42 Å². The molecule has 0 radical (unpaired) electrons.